The lowest BCUT2D eigenvalue weighted by molar-refractivity contribution is -0.112. The zero-order valence-electron chi connectivity index (χ0n) is 11.9. The number of hydrogen-bond donors (Lipinski definition) is 1. The summed E-state index contributed by atoms with van der Waals surface area (Å²) >= 11 is 0. The summed E-state index contributed by atoms with van der Waals surface area (Å²) in [5.41, 5.74) is 0.969. The smallest absolute Gasteiger partial charge is 0.266 e. The Hall–Kier alpha value is -3.33. The zero-order valence-corrected chi connectivity index (χ0v) is 11.9. The van der Waals surface area contributed by atoms with Crippen molar-refractivity contribution in [3.8, 4) is 17.6 Å². The van der Waals surface area contributed by atoms with E-state index in [2.05, 4.69) is 5.32 Å². The summed E-state index contributed by atoms with van der Waals surface area (Å²) in [5.74, 6) is 0.211. The van der Waals surface area contributed by atoms with Crippen molar-refractivity contribution >= 4 is 17.7 Å². The Labute approximate surface area is 131 Å². The van der Waals surface area contributed by atoms with Crippen molar-refractivity contribution in [3.63, 3.8) is 0 Å². The molecule has 114 valence electrons. The molecular weight excluding hydrogens is 299 g/mol. The Morgan fingerprint density at radius 3 is 2.65 bits per heavy atom. The highest BCUT2D eigenvalue weighted by Crippen LogP contribution is 2.33. The van der Waals surface area contributed by atoms with Gasteiger partial charge in [0.2, 0.25) is 6.79 Å². The maximum absolute atomic E-state index is 12.8. The number of ether oxygens (including phenoxy) is 2. The van der Waals surface area contributed by atoms with Crippen molar-refractivity contribution in [2.24, 2.45) is 0 Å². The number of amides is 1. The maximum atomic E-state index is 12.8. The summed E-state index contributed by atoms with van der Waals surface area (Å²) in [4.78, 5) is 12.1. The first-order valence-electron chi connectivity index (χ1n) is 6.74. The number of nitrogens with zero attached hydrogens (tertiary/aromatic N) is 1. The predicted molar refractivity (Wildman–Crippen MR) is 81.2 cm³/mol. The quantitative estimate of drug-likeness (QED) is 0.698. The normalized spacial score (nSPS) is 12.6. The molecule has 0 atom stereocenters. The van der Waals surface area contributed by atoms with Crippen LogP contribution >= 0.6 is 0 Å². The first-order chi connectivity index (χ1) is 11.2. The molecule has 0 saturated heterocycles. The van der Waals surface area contributed by atoms with Gasteiger partial charge < -0.3 is 14.8 Å². The molecular formula is C17H11FN2O3. The summed E-state index contributed by atoms with van der Waals surface area (Å²) in [7, 11) is 0. The predicted octanol–water partition coefficient (Wildman–Crippen LogP) is 3.10. The number of hydrogen-bond acceptors (Lipinski definition) is 4. The number of carbonyl (C=O) groups is 1. The highest BCUT2D eigenvalue weighted by Gasteiger charge is 2.14. The Kier molecular flexibility index (Phi) is 3.93. The Bertz CT molecular complexity index is 823. The van der Waals surface area contributed by atoms with Gasteiger partial charge in [-0.05, 0) is 48.0 Å². The van der Waals surface area contributed by atoms with Crippen LogP contribution in [-0.4, -0.2) is 12.7 Å². The third-order valence-electron chi connectivity index (χ3n) is 3.17. The number of fused-ring (bicyclic) bond motifs is 1. The van der Waals surface area contributed by atoms with Crippen LogP contribution in [0.5, 0.6) is 11.5 Å². The molecule has 1 N–H and O–H groups in total. The van der Waals surface area contributed by atoms with Gasteiger partial charge in [-0.25, -0.2) is 4.39 Å². The van der Waals surface area contributed by atoms with E-state index >= 15 is 0 Å². The van der Waals surface area contributed by atoms with Gasteiger partial charge in [-0.2, -0.15) is 5.26 Å². The summed E-state index contributed by atoms with van der Waals surface area (Å²) in [6.45, 7) is 0.151. The molecule has 1 heterocycles. The van der Waals surface area contributed by atoms with E-state index < -0.39 is 11.7 Å². The number of benzene rings is 2. The van der Waals surface area contributed by atoms with Gasteiger partial charge >= 0.3 is 0 Å². The molecule has 0 unspecified atom stereocenters. The number of carbonyl (C=O) groups excluding carboxylic acids is 1. The van der Waals surface area contributed by atoms with E-state index in [1.807, 2.05) is 6.07 Å². The molecule has 2 aromatic carbocycles. The van der Waals surface area contributed by atoms with Crippen molar-refractivity contribution in [1.29, 1.82) is 5.26 Å². The van der Waals surface area contributed by atoms with Crippen LogP contribution in [0.3, 0.4) is 0 Å². The number of nitrogens with one attached hydrogen (secondary N) is 1. The van der Waals surface area contributed by atoms with Crippen LogP contribution in [0.25, 0.3) is 6.08 Å². The fraction of sp³-hybridized carbons (Fsp3) is 0.0588. The third kappa shape index (κ3) is 3.30. The second kappa shape index (κ2) is 6.20. The van der Waals surface area contributed by atoms with Crippen LogP contribution < -0.4 is 14.8 Å². The molecule has 0 bridgehead atoms. The Morgan fingerprint density at radius 1 is 1.17 bits per heavy atom. The summed E-state index contributed by atoms with van der Waals surface area (Å²) < 4.78 is 23.3. The molecule has 0 aliphatic carbocycles. The second-order valence-electron chi connectivity index (χ2n) is 4.74. The number of halogens is 1. The van der Waals surface area contributed by atoms with Gasteiger partial charge in [-0.1, -0.05) is 6.07 Å². The minimum Gasteiger partial charge on any atom is -0.454 e. The van der Waals surface area contributed by atoms with E-state index in [-0.39, 0.29) is 12.4 Å². The average molecular weight is 310 g/mol. The molecule has 5 nitrogen and oxygen atoms in total. The van der Waals surface area contributed by atoms with Crippen LogP contribution in [-0.2, 0) is 4.79 Å². The minimum atomic E-state index is -0.572. The van der Waals surface area contributed by atoms with Gasteiger partial charge in [0.05, 0.1) is 0 Å². The van der Waals surface area contributed by atoms with Crippen LogP contribution in [0.1, 0.15) is 5.56 Å². The molecule has 1 aliphatic rings. The lowest BCUT2D eigenvalue weighted by Crippen LogP contribution is -2.13. The zero-order chi connectivity index (χ0) is 16.2. The van der Waals surface area contributed by atoms with Crippen LogP contribution in [0.2, 0.25) is 0 Å². The fourth-order valence-electron chi connectivity index (χ4n) is 2.05. The van der Waals surface area contributed by atoms with Crippen molar-refractivity contribution in [1.82, 2.24) is 0 Å². The molecule has 0 aromatic heterocycles. The van der Waals surface area contributed by atoms with Crippen molar-refractivity contribution in [3.05, 3.63) is 59.4 Å². The van der Waals surface area contributed by atoms with E-state index in [0.717, 1.165) is 0 Å². The third-order valence-corrected chi connectivity index (χ3v) is 3.17. The van der Waals surface area contributed by atoms with Crippen LogP contribution in [0.4, 0.5) is 10.1 Å². The van der Waals surface area contributed by atoms with Crippen LogP contribution in [0.15, 0.2) is 48.0 Å². The van der Waals surface area contributed by atoms with Gasteiger partial charge in [0.15, 0.2) is 11.5 Å². The van der Waals surface area contributed by atoms with Gasteiger partial charge in [0.25, 0.3) is 5.91 Å². The standard InChI is InChI=1S/C17H11FN2O3/c18-13-2-4-14(5-3-13)20-17(21)12(9-19)7-11-1-6-15-16(8-11)23-10-22-15/h1-8H,10H2,(H,20,21)/b12-7+. The lowest BCUT2D eigenvalue weighted by Gasteiger charge is -2.04. The molecule has 3 rings (SSSR count). The van der Waals surface area contributed by atoms with Crippen molar-refractivity contribution in [2.75, 3.05) is 12.1 Å². The van der Waals surface area contributed by atoms with E-state index in [4.69, 9.17) is 9.47 Å². The Balaban J connectivity index is 1.80. The monoisotopic (exact) mass is 310 g/mol. The largest absolute Gasteiger partial charge is 0.454 e. The molecule has 0 radical (unpaired) electrons. The molecule has 1 amide bonds. The maximum Gasteiger partial charge on any atom is 0.266 e. The fourth-order valence-corrected chi connectivity index (χ4v) is 2.05. The number of nitriles is 1. The summed E-state index contributed by atoms with van der Waals surface area (Å²) in [6, 6.07) is 12.3. The highest BCUT2D eigenvalue weighted by molar-refractivity contribution is 6.09. The first-order valence-corrected chi connectivity index (χ1v) is 6.74. The van der Waals surface area contributed by atoms with Crippen molar-refractivity contribution < 1.29 is 18.7 Å². The van der Waals surface area contributed by atoms with Gasteiger partial charge in [0, 0.05) is 5.69 Å². The average Bonchev–Trinajstić information content (AvgIpc) is 3.02. The molecule has 0 saturated carbocycles. The lowest BCUT2D eigenvalue weighted by atomic mass is 10.1. The van der Waals surface area contributed by atoms with Gasteiger partial charge in [-0.15, -0.1) is 0 Å². The first kappa shape index (κ1) is 14.6. The van der Waals surface area contributed by atoms with E-state index in [1.165, 1.54) is 30.3 Å². The van der Waals surface area contributed by atoms with E-state index in [9.17, 15) is 14.4 Å². The molecule has 6 heteroatoms. The summed E-state index contributed by atoms with van der Waals surface area (Å²) in [6.07, 6.45) is 1.45. The van der Waals surface area contributed by atoms with Crippen molar-refractivity contribution in [2.45, 2.75) is 0 Å². The van der Waals surface area contributed by atoms with E-state index in [0.29, 0.717) is 22.7 Å². The summed E-state index contributed by atoms with van der Waals surface area (Å²) in [5, 5.41) is 11.7. The molecule has 2 aromatic rings. The molecule has 1 aliphatic heterocycles. The highest BCUT2D eigenvalue weighted by atomic mass is 19.1. The topological polar surface area (TPSA) is 71.3 Å². The van der Waals surface area contributed by atoms with Gasteiger partial charge in [0.1, 0.15) is 17.5 Å². The molecule has 0 fully saturated rings. The second-order valence-corrected chi connectivity index (χ2v) is 4.74. The minimum absolute atomic E-state index is 0.0757. The Morgan fingerprint density at radius 2 is 1.91 bits per heavy atom. The molecule has 23 heavy (non-hydrogen) atoms. The SMILES string of the molecule is N#C/C(=C\c1ccc2c(c1)OCO2)C(=O)Nc1ccc(F)cc1. The van der Waals surface area contributed by atoms with E-state index in [1.54, 1.807) is 18.2 Å². The van der Waals surface area contributed by atoms with Gasteiger partial charge in [-0.3, -0.25) is 4.79 Å². The number of rotatable bonds is 3. The number of anilines is 1. The molecule has 0 spiro atoms. The van der Waals surface area contributed by atoms with Crippen LogP contribution in [0, 0.1) is 17.1 Å².